The van der Waals surface area contributed by atoms with Gasteiger partial charge >= 0.3 is 12.1 Å². The molecule has 7 heteroatoms. The van der Waals surface area contributed by atoms with Gasteiger partial charge in [0.1, 0.15) is 11.6 Å². The van der Waals surface area contributed by atoms with E-state index in [0.717, 1.165) is 11.3 Å². The average molecular weight is 409 g/mol. The Labute approximate surface area is 172 Å². The van der Waals surface area contributed by atoms with Gasteiger partial charge in [0.25, 0.3) is 0 Å². The first kappa shape index (κ1) is 23.9. The molecule has 0 radical (unpaired) electrons. The Balaban J connectivity index is 2.92. The van der Waals surface area contributed by atoms with Gasteiger partial charge in [-0.05, 0) is 51.2 Å². The molecule has 0 aliphatic rings. The van der Waals surface area contributed by atoms with Crippen LogP contribution in [0.25, 0.3) is 0 Å². The molecule has 0 bridgehead atoms. The van der Waals surface area contributed by atoms with Crippen LogP contribution in [0.15, 0.2) is 42.6 Å². The van der Waals surface area contributed by atoms with E-state index in [1.54, 1.807) is 11.8 Å². The van der Waals surface area contributed by atoms with Crippen molar-refractivity contribution in [3.05, 3.63) is 48.2 Å². The summed E-state index contributed by atoms with van der Waals surface area (Å²) in [5.74, 6) is 0.439. The SMILES string of the molecule is C=C(NC(CCSC)C(=O)OC)C(Cc1ccccc1)NC(=O)OC(C)(C)C. The molecule has 0 aliphatic carbocycles. The first-order valence-electron chi connectivity index (χ1n) is 9.21. The zero-order valence-electron chi connectivity index (χ0n) is 17.4. The zero-order valence-corrected chi connectivity index (χ0v) is 18.2. The summed E-state index contributed by atoms with van der Waals surface area (Å²) in [6.07, 6.45) is 2.56. The van der Waals surface area contributed by atoms with E-state index in [4.69, 9.17) is 9.47 Å². The van der Waals surface area contributed by atoms with Gasteiger partial charge in [0, 0.05) is 5.70 Å². The van der Waals surface area contributed by atoms with Crippen molar-refractivity contribution in [3.8, 4) is 0 Å². The average Bonchev–Trinajstić information content (AvgIpc) is 2.63. The van der Waals surface area contributed by atoms with Crippen molar-refractivity contribution in [2.75, 3.05) is 19.1 Å². The van der Waals surface area contributed by atoms with Crippen molar-refractivity contribution >= 4 is 23.8 Å². The monoisotopic (exact) mass is 408 g/mol. The van der Waals surface area contributed by atoms with Crippen LogP contribution in [0, 0.1) is 0 Å². The lowest BCUT2D eigenvalue weighted by Gasteiger charge is -2.27. The highest BCUT2D eigenvalue weighted by Crippen LogP contribution is 2.13. The number of alkyl carbamates (subject to hydrolysis) is 1. The van der Waals surface area contributed by atoms with E-state index in [2.05, 4.69) is 17.2 Å². The Morgan fingerprint density at radius 1 is 1.14 bits per heavy atom. The van der Waals surface area contributed by atoms with Gasteiger partial charge < -0.3 is 20.1 Å². The molecule has 2 N–H and O–H groups in total. The van der Waals surface area contributed by atoms with Gasteiger partial charge in [-0.2, -0.15) is 11.8 Å². The number of carbonyl (C=O) groups excluding carboxylic acids is 2. The Morgan fingerprint density at radius 3 is 2.32 bits per heavy atom. The molecule has 0 aromatic heterocycles. The third kappa shape index (κ3) is 9.17. The normalized spacial score (nSPS) is 13.2. The maximum Gasteiger partial charge on any atom is 0.408 e. The highest BCUT2D eigenvalue weighted by molar-refractivity contribution is 7.98. The maximum atomic E-state index is 12.3. The number of thioether (sulfide) groups is 1. The van der Waals surface area contributed by atoms with Gasteiger partial charge in [0.05, 0.1) is 13.2 Å². The third-order valence-corrected chi connectivity index (χ3v) is 4.49. The fourth-order valence-corrected chi connectivity index (χ4v) is 2.98. The van der Waals surface area contributed by atoms with Crippen LogP contribution in [0.1, 0.15) is 32.8 Å². The van der Waals surface area contributed by atoms with E-state index in [1.165, 1.54) is 7.11 Å². The Bertz CT molecular complexity index is 644. The van der Waals surface area contributed by atoms with Crippen LogP contribution in [0.5, 0.6) is 0 Å². The van der Waals surface area contributed by atoms with E-state index >= 15 is 0 Å². The van der Waals surface area contributed by atoms with Crippen LogP contribution in [0.4, 0.5) is 4.79 Å². The molecule has 156 valence electrons. The molecular weight excluding hydrogens is 376 g/mol. The number of hydrogen-bond acceptors (Lipinski definition) is 6. The first-order chi connectivity index (χ1) is 13.2. The maximum absolute atomic E-state index is 12.3. The zero-order chi connectivity index (χ0) is 21.2. The van der Waals surface area contributed by atoms with Gasteiger partial charge in [-0.25, -0.2) is 9.59 Å². The number of nitrogens with one attached hydrogen (secondary N) is 2. The molecule has 0 aliphatic heterocycles. The fourth-order valence-electron chi connectivity index (χ4n) is 2.51. The van der Waals surface area contributed by atoms with E-state index in [-0.39, 0.29) is 5.97 Å². The fraction of sp³-hybridized carbons (Fsp3) is 0.524. The third-order valence-electron chi connectivity index (χ3n) is 3.85. The van der Waals surface area contributed by atoms with Crippen molar-refractivity contribution in [1.82, 2.24) is 10.6 Å². The minimum atomic E-state index is -0.608. The molecule has 2 unspecified atom stereocenters. The molecule has 1 amide bonds. The number of benzene rings is 1. The number of methoxy groups -OCH3 is 1. The smallest absolute Gasteiger partial charge is 0.408 e. The molecule has 1 aromatic carbocycles. The lowest BCUT2D eigenvalue weighted by Crippen LogP contribution is -2.47. The minimum Gasteiger partial charge on any atom is -0.467 e. The molecule has 0 fully saturated rings. The summed E-state index contributed by atoms with van der Waals surface area (Å²) >= 11 is 1.65. The Morgan fingerprint density at radius 2 is 1.79 bits per heavy atom. The number of ether oxygens (including phenoxy) is 2. The second-order valence-electron chi connectivity index (χ2n) is 7.42. The molecule has 0 spiro atoms. The van der Waals surface area contributed by atoms with Gasteiger partial charge in [-0.3, -0.25) is 0 Å². The summed E-state index contributed by atoms with van der Waals surface area (Å²) < 4.78 is 10.3. The molecule has 28 heavy (non-hydrogen) atoms. The standard InChI is InChI=1S/C21H32N2O4S/c1-15(22-17(12-13-28-6)19(24)26-5)18(14-16-10-8-7-9-11-16)23-20(25)27-21(2,3)4/h7-11,17-18,22H,1,12-14H2,2-6H3,(H,23,25). The number of carbonyl (C=O) groups is 2. The van der Waals surface area contributed by atoms with Crippen LogP contribution in [0.3, 0.4) is 0 Å². The minimum absolute atomic E-state index is 0.356. The molecule has 0 saturated heterocycles. The highest BCUT2D eigenvalue weighted by Gasteiger charge is 2.25. The molecule has 0 heterocycles. The molecule has 6 nitrogen and oxygen atoms in total. The summed E-state index contributed by atoms with van der Waals surface area (Å²) in [7, 11) is 1.36. The highest BCUT2D eigenvalue weighted by atomic mass is 32.2. The van der Waals surface area contributed by atoms with Crippen molar-refractivity contribution in [2.45, 2.75) is 51.3 Å². The predicted molar refractivity (Wildman–Crippen MR) is 114 cm³/mol. The van der Waals surface area contributed by atoms with Crippen molar-refractivity contribution in [2.24, 2.45) is 0 Å². The van der Waals surface area contributed by atoms with Gasteiger partial charge in [0.2, 0.25) is 0 Å². The van der Waals surface area contributed by atoms with Crippen LogP contribution in [-0.2, 0) is 20.7 Å². The van der Waals surface area contributed by atoms with Crippen LogP contribution >= 0.6 is 11.8 Å². The molecule has 1 aromatic rings. The summed E-state index contributed by atoms with van der Waals surface area (Å²) in [4.78, 5) is 24.4. The quantitative estimate of drug-likeness (QED) is 0.577. The van der Waals surface area contributed by atoms with Crippen molar-refractivity contribution < 1.29 is 19.1 Å². The summed E-state index contributed by atoms with van der Waals surface area (Å²) in [5, 5.41) is 6.00. The number of amides is 1. The van der Waals surface area contributed by atoms with E-state index in [0.29, 0.717) is 18.5 Å². The summed E-state index contributed by atoms with van der Waals surface area (Å²) in [6, 6.07) is 8.79. The lowest BCUT2D eigenvalue weighted by atomic mass is 10.0. The van der Waals surface area contributed by atoms with E-state index in [9.17, 15) is 9.59 Å². The number of esters is 1. The topological polar surface area (TPSA) is 76.7 Å². The van der Waals surface area contributed by atoms with Gasteiger partial charge in [-0.1, -0.05) is 36.9 Å². The molecule has 1 rings (SSSR count). The predicted octanol–water partition coefficient (Wildman–Crippen LogP) is 3.52. The summed E-state index contributed by atoms with van der Waals surface area (Å²) in [6.45, 7) is 9.49. The van der Waals surface area contributed by atoms with E-state index in [1.807, 2.05) is 57.4 Å². The second-order valence-corrected chi connectivity index (χ2v) is 8.40. The molecular formula is C21H32N2O4S. The van der Waals surface area contributed by atoms with Gasteiger partial charge in [0.15, 0.2) is 0 Å². The van der Waals surface area contributed by atoms with Crippen LogP contribution in [0.2, 0.25) is 0 Å². The van der Waals surface area contributed by atoms with Crippen molar-refractivity contribution in [3.63, 3.8) is 0 Å². The molecule has 0 saturated carbocycles. The molecule has 2 atom stereocenters. The number of rotatable bonds is 10. The Hall–Kier alpha value is -2.15. The van der Waals surface area contributed by atoms with Crippen LogP contribution < -0.4 is 10.6 Å². The largest absolute Gasteiger partial charge is 0.467 e. The first-order valence-corrected chi connectivity index (χ1v) is 10.6. The van der Waals surface area contributed by atoms with Crippen LogP contribution in [-0.4, -0.2) is 48.9 Å². The lowest BCUT2D eigenvalue weighted by molar-refractivity contribution is -0.142. The Kier molecular flexibility index (Phi) is 9.93. The van der Waals surface area contributed by atoms with Crippen molar-refractivity contribution in [1.29, 1.82) is 0 Å². The van der Waals surface area contributed by atoms with E-state index < -0.39 is 23.8 Å². The number of hydrogen-bond donors (Lipinski definition) is 2. The summed E-state index contributed by atoms with van der Waals surface area (Å²) in [5.41, 5.74) is 0.958. The second kappa shape index (κ2) is 11.6. The van der Waals surface area contributed by atoms with Gasteiger partial charge in [-0.15, -0.1) is 0 Å².